The molecule has 1 aliphatic carbocycles. The lowest BCUT2D eigenvalue weighted by Crippen LogP contribution is -2.51. The summed E-state index contributed by atoms with van der Waals surface area (Å²) in [5, 5.41) is 10.7. The number of carbonyl (C=O) groups is 2. The summed E-state index contributed by atoms with van der Waals surface area (Å²) in [6, 6.07) is 0. The minimum absolute atomic E-state index is 0.219. The lowest BCUT2D eigenvalue weighted by molar-refractivity contribution is -0.141. The fraction of sp³-hybridized carbons (Fsp3) is 0.750. The van der Waals surface area contributed by atoms with Gasteiger partial charge >= 0.3 is 5.97 Å². The van der Waals surface area contributed by atoms with Crippen molar-refractivity contribution in [2.75, 3.05) is 13.1 Å². The minimum atomic E-state index is -1.03. The van der Waals surface area contributed by atoms with Crippen LogP contribution in [0.1, 0.15) is 19.3 Å². The number of hydrogen-bond acceptors (Lipinski definition) is 3. The molecule has 1 aliphatic rings. The molecule has 5 nitrogen and oxygen atoms in total. The van der Waals surface area contributed by atoms with Crippen molar-refractivity contribution in [2.45, 2.75) is 19.3 Å². The lowest BCUT2D eigenvalue weighted by atomic mass is 9.68. The molecule has 0 bridgehead atoms. The second-order valence-electron chi connectivity index (χ2n) is 3.41. The zero-order valence-corrected chi connectivity index (χ0v) is 7.38. The van der Waals surface area contributed by atoms with E-state index < -0.39 is 11.4 Å². The zero-order chi connectivity index (χ0) is 9.90. The van der Waals surface area contributed by atoms with Gasteiger partial charge in [0.15, 0.2) is 0 Å². The molecular weight excluding hydrogens is 172 g/mol. The molecule has 0 heterocycles. The van der Waals surface area contributed by atoms with Crippen molar-refractivity contribution in [1.29, 1.82) is 0 Å². The Morgan fingerprint density at radius 1 is 1.46 bits per heavy atom. The van der Waals surface area contributed by atoms with Gasteiger partial charge in [0.05, 0.1) is 5.41 Å². The van der Waals surface area contributed by atoms with Gasteiger partial charge in [0.25, 0.3) is 0 Å². The molecule has 0 aromatic rings. The highest BCUT2D eigenvalue weighted by molar-refractivity contribution is 5.86. The van der Waals surface area contributed by atoms with E-state index in [1.165, 1.54) is 0 Å². The lowest BCUT2D eigenvalue weighted by Gasteiger charge is -2.38. The van der Waals surface area contributed by atoms with Crippen LogP contribution in [0.2, 0.25) is 0 Å². The smallest absolute Gasteiger partial charge is 0.322 e. The predicted molar refractivity (Wildman–Crippen MR) is 46.0 cm³/mol. The van der Waals surface area contributed by atoms with Gasteiger partial charge in [-0.15, -0.1) is 0 Å². The average Bonchev–Trinajstić information content (AvgIpc) is 2.00. The van der Waals surface area contributed by atoms with Gasteiger partial charge in [0.1, 0.15) is 6.54 Å². The highest BCUT2D eigenvalue weighted by atomic mass is 16.4. The van der Waals surface area contributed by atoms with E-state index in [4.69, 9.17) is 10.8 Å². The van der Waals surface area contributed by atoms with Crippen molar-refractivity contribution < 1.29 is 14.7 Å². The first-order chi connectivity index (χ1) is 6.10. The van der Waals surface area contributed by atoms with Gasteiger partial charge in [-0.05, 0) is 12.8 Å². The van der Waals surface area contributed by atoms with Crippen LogP contribution >= 0.6 is 0 Å². The molecule has 74 valence electrons. The molecule has 0 spiro atoms. The summed E-state index contributed by atoms with van der Waals surface area (Å²) in [7, 11) is 0. The Hall–Kier alpha value is -1.10. The van der Waals surface area contributed by atoms with Crippen LogP contribution in [0.4, 0.5) is 0 Å². The molecule has 0 aromatic carbocycles. The van der Waals surface area contributed by atoms with E-state index in [2.05, 4.69) is 5.32 Å². The van der Waals surface area contributed by atoms with Gasteiger partial charge in [0, 0.05) is 6.54 Å². The van der Waals surface area contributed by atoms with Gasteiger partial charge in [0.2, 0.25) is 5.91 Å². The van der Waals surface area contributed by atoms with E-state index in [1.54, 1.807) is 0 Å². The fourth-order valence-corrected chi connectivity index (χ4v) is 1.47. The summed E-state index contributed by atoms with van der Waals surface area (Å²) >= 11 is 0. The molecule has 4 N–H and O–H groups in total. The minimum Gasteiger partial charge on any atom is -0.480 e. The van der Waals surface area contributed by atoms with Crippen LogP contribution in [0.5, 0.6) is 0 Å². The first-order valence-corrected chi connectivity index (χ1v) is 4.31. The summed E-state index contributed by atoms with van der Waals surface area (Å²) in [4.78, 5) is 21.6. The van der Waals surface area contributed by atoms with E-state index >= 15 is 0 Å². The first-order valence-electron chi connectivity index (χ1n) is 4.31. The molecule has 1 amide bonds. The van der Waals surface area contributed by atoms with Crippen molar-refractivity contribution in [3.8, 4) is 0 Å². The third kappa shape index (κ3) is 1.98. The summed E-state index contributed by atoms with van der Waals surface area (Å²) in [6.45, 7) is -0.0148. The number of nitrogens with one attached hydrogen (secondary N) is 1. The first kappa shape index (κ1) is 9.98. The van der Waals surface area contributed by atoms with Crippen LogP contribution in [0.15, 0.2) is 0 Å². The van der Waals surface area contributed by atoms with E-state index in [1.807, 2.05) is 0 Å². The molecule has 0 radical (unpaired) electrons. The molecule has 0 aliphatic heterocycles. The number of carboxylic acid groups (broad SMARTS) is 1. The van der Waals surface area contributed by atoms with Gasteiger partial charge in [-0.3, -0.25) is 9.59 Å². The van der Waals surface area contributed by atoms with Crippen LogP contribution in [0, 0.1) is 5.41 Å². The quantitative estimate of drug-likeness (QED) is 0.542. The molecule has 0 saturated heterocycles. The SMILES string of the molecule is NCC1(C(=O)NCC(=O)O)CCC1. The van der Waals surface area contributed by atoms with Crippen LogP contribution < -0.4 is 11.1 Å². The largest absolute Gasteiger partial charge is 0.480 e. The molecule has 1 saturated carbocycles. The van der Waals surface area contributed by atoms with Gasteiger partial charge in [-0.25, -0.2) is 0 Å². The zero-order valence-electron chi connectivity index (χ0n) is 7.38. The Bertz CT molecular complexity index is 218. The van der Waals surface area contributed by atoms with E-state index in [0.717, 1.165) is 19.3 Å². The molecule has 0 unspecified atom stereocenters. The Morgan fingerprint density at radius 3 is 2.38 bits per heavy atom. The molecule has 0 aromatic heterocycles. The standard InChI is InChI=1S/C8H14N2O3/c9-5-8(2-1-3-8)7(13)10-4-6(11)12/h1-5,9H2,(H,10,13)(H,11,12). The summed E-state index contributed by atoms with van der Waals surface area (Å²) < 4.78 is 0. The molecular formula is C8H14N2O3. The Morgan fingerprint density at radius 2 is 2.08 bits per heavy atom. The topological polar surface area (TPSA) is 92.4 Å². The Balaban J connectivity index is 2.41. The van der Waals surface area contributed by atoms with Crippen LogP contribution in [-0.4, -0.2) is 30.1 Å². The number of nitrogens with two attached hydrogens (primary N) is 1. The summed E-state index contributed by atoms with van der Waals surface area (Å²) in [5.41, 5.74) is 4.99. The Labute approximate surface area is 76.3 Å². The van der Waals surface area contributed by atoms with E-state index in [0.29, 0.717) is 6.54 Å². The van der Waals surface area contributed by atoms with Crippen molar-refractivity contribution in [2.24, 2.45) is 11.1 Å². The van der Waals surface area contributed by atoms with Crippen LogP contribution in [0.3, 0.4) is 0 Å². The summed E-state index contributed by atoms with van der Waals surface area (Å²) in [5.74, 6) is -1.25. The molecule has 5 heteroatoms. The van der Waals surface area contributed by atoms with Gasteiger partial charge in [-0.2, -0.15) is 0 Å². The second kappa shape index (κ2) is 3.74. The maximum absolute atomic E-state index is 11.4. The van der Waals surface area contributed by atoms with Gasteiger partial charge in [-0.1, -0.05) is 6.42 Å². The maximum atomic E-state index is 11.4. The number of hydrogen-bond donors (Lipinski definition) is 3. The fourth-order valence-electron chi connectivity index (χ4n) is 1.47. The summed E-state index contributed by atoms with van der Waals surface area (Å²) in [6.07, 6.45) is 2.54. The molecule has 1 rings (SSSR count). The normalized spacial score (nSPS) is 18.8. The monoisotopic (exact) mass is 186 g/mol. The number of amides is 1. The molecule has 0 atom stereocenters. The van der Waals surface area contributed by atoms with Gasteiger partial charge < -0.3 is 16.2 Å². The van der Waals surface area contributed by atoms with E-state index in [9.17, 15) is 9.59 Å². The number of aliphatic carboxylic acids is 1. The maximum Gasteiger partial charge on any atom is 0.322 e. The highest BCUT2D eigenvalue weighted by Gasteiger charge is 2.42. The van der Waals surface area contributed by atoms with Crippen LogP contribution in [0.25, 0.3) is 0 Å². The Kier molecular flexibility index (Phi) is 2.87. The third-order valence-electron chi connectivity index (χ3n) is 2.58. The van der Waals surface area contributed by atoms with Crippen molar-refractivity contribution in [3.63, 3.8) is 0 Å². The third-order valence-corrected chi connectivity index (χ3v) is 2.58. The molecule has 13 heavy (non-hydrogen) atoms. The number of carboxylic acids is 1. The number of carbonyl (C=O) groups excluding carboxylic acids is 1. The highest BCUT2D eigenvalue weighted by Crippen LogP contribution is 2.39. The predicted octanol–water partition coefficient (Wildman–Crippen LogP) is -0.684. The van der Waals surface area contributed by atoms with Crippen molar-refractivity contribution >= 4 is 11.9 Å². The van der Waals surface area contributed by atoms with E-state index in [-0.39, 0.29) is 12.5 Å². The van der Waals surface area contributed by atoms with Crippen molar-refractivity contribution in [3.05, 3.63) is 0 Å². The second-order valence-corrected chi connectivity index (χ2v) is 3.41. The average molecular weight is 186 g/mol. The number of rotatable bonds is 4. The van der Waals surface area contributed by atoms with Crippen molar-refractivity contribution in [1.82, 2.24) is 5.32 Å². The molecule has 1 fully saturated rings. The van der Waals surface area contributed by atoms with Crippen LogP contribution in [-0.2, 0) is 9.59 Å².